The van der Waals surface area contributed by atoms with Gasteiger partial charge in [0.15, 0.2) is 0 Å². The van der Waals surface area contributed by atoms with Crippen molar-refractivity contribution < 1.29 is 14.2 Å². The van der Waals surface area contributed by atoms with E-state index in [1.54, 1.807) is 0 Å². The topological polar surface area (TPSA) is 79.5 Å². The molecule has 1 aliphatic rings. The van der Waals surface area contributed by atoms with Crippen LogP contribution >= 0.6 is 11.3 Å². The number of anilines is 1. The van der Waals surface area contributed by atoms with Gasteiger partial charge >= 0.3 is 0 Å². The van der Waals surface area contributed by atoms with Gasteiger partial charge in [-0.3, -0.25) is 0 Å². The van der Waals surface area contributed by atoms with Gasteiger partial charge in [-0.2, -0.15) is 0 Å². The Bertz CT molecular complexity index is 287. The number of aromatic nitrogens is 2. The summed E-state index contributed by atoms with van der Waals surface area (Å²) in [4.78, 5) is 0. The van der Waals surface area contributed by atoms with Crippen LogP contribution in [0.2, 0.25) is 0 Å². The second kappa shape index (κ2) is 4.54. The average Bonchev–Trinajstić information content (AvgIpc) is 2.63. The van der Waals surface area contributed by atoms with Gasteiger partial charge in [-0.15, -0.1) is 5.10 Å². The van der Waals surface area contributed by atoms with Crippen molar-refractivity contribution >= 4 is 16.5 Å². The highest BCUT2D eigenvalue weighted by molar-refractivity contribution is 7.16. The molecule has 0 bridgehead atoms. The van der Waals surface area contributed by atoms with E-state index in [1.807, 2.05) is 0 Å². The van der Waals surface area contributed by atoms with Gasteiger partial charge in [0.1, 0.15) is 12.7 Å². The largest absolute Gasteiger partial charge is 0.466 e. The quantitative estimate of drug-likeness (QED) is 0.762. The second-order valence-corrected chi connectivity index (χ2v) is 3.76. The van der Waals surface area contributed by atoms with Crippen LogP contribution in [0.25, 0.3) is 0 Å². The Hall–Kier alpha value is -0.920. The fraction of sp³-hybridized carbons (Fsp3) is 0.714. The first-order valence-corrected chi connectivity index (χ1v) is 5.07. The maximum absolute atomic E-state index is 5.40. The van der Waals surface area contributed by atoms with E-state index in [4.69, 9.17) is 19.9 Å². The summed E-state index contributed by atoms with van der Waals surface area (Å²) in [6.45, 7) is 2.26. The van der Waals surface area contributed by atoms with Crippen LogP contribution in [-0.4, -0.2) is 42.7 Å². The van der Waals surface area contributed by atoms with Crippen LogP contribution < -0.4 is 10.5 Å². The van der Waals surface area contributed by atoms with Crippen molar-refractivity contribution in [3.05, 3.63) is 0 Å². The molecule has 1 fully saturated rings. The first kappa shape index (κ1) is 9.63. The third kappa shape index (κ3) is 2.53. The number of hydrogen-bond acceptors (Lipinski definition) is 7. The van der Waals surface area contributed by atoms with Crippen LogP contribution in [0.15, 0.2) is 0 Å². The number of nitrogen functional groups attached to an aromatic ring is 1. The highest BCUT2D eigenvalue weighted by Crippen LogP contribution is 2.19. The molecule has 1 aliphatic heterocycles. The molecule has 1 aromatic heterocycles. The van der Waals surface area contributed by atoms with Crippen molar-refractivity contribution in [1.29, 1.82) is 0 Å². The summed E-state index contributed by atoms with van der Waals surface area (Å²) in [5, 5.41) is 8.23. The lowest BCUT2D eigenvalue weighted by Gasteiger charge is -2.22. The Morgan fingerprint density at radius 3 is 3.07 bits per heavy atom. The molecular formula is C7H11N3O3S. The lowest BCUT2D eigenvalue weighted by Crippen LogP contribution is -2.33. The SMILES string of the molecule is Nc1nnc(OC[C@@H]2COCCO2)s1. The van der Waals surface area contributed by atoms with Crippen LogP contribution in [0.3, 0.4) is 0 Å². The molecule has 7 heteroatoms. The zero-order chi connectivity index (χ0) is 9.80. The molecule has 2 rings (SSSR count). The zero-order valence-electron chi connectivity index (χ0n) is 7.51. The van der Waals surface area contributed by atoms with Crippen LogP contribution in [0.5, 0.6) is 5.19 Å². The molecule has 1 atom stereocenters. The van der Waals surface area contributed by atoms with Crippen molar-refractivity contribution in [2.45, 2.75) is 6.10 Å². The minimum atomic E-state index is -0.0196. The summed E-state index contributed by atoms with van der Waals surface area (Å²) in [6, 6.07) is 0. The van der Waals surface area contributed by atoms with Gasteiger partial charge < -0.3 is 19.9 Å². The van der Waals surface area contributed by atoms with Crippen LogP contribution in [0, 0.1) is 0 Å². The van der Waals surface area contributed by atoms with Crippen molar-refractivity contribution in [3.63, 3.8) is 0 Å². The smallest absolute Gasteiger partial charge is 0.295 e. The molecule has 78 valence electrons. The highest BCUT2D eigenvalue weighted by Gasteiger charge is 2.15. The number of ether oxygens (including phenoxy) is 3. The van der Waals surface area contributed by atoms with E-state index in [0.717, 1.165) is 0 Å². The molecule has 2 N–H and O–H groups in total. The Morgan fingerprint density at radius 1 is 1.50 bits per heavy atom. The summed E-state index contributed by atoms with van der Waals surface area (Å²) in [5.41, 5.74) is 5.40. The number of nitrogens with two attached hydrogens (primary N) is 1. The zero-order valence-corrected chi connectivity index (χ0v) is 8.33. The molecular weight excluding hydrogens is 206 g/mol. The first-order valence-electron chi connectivity index (χ1n) is 4.26. The Morgan fingerprint density at radius 2 is 2.43 bits per heavy atom. The van der Waals surface area contributed by atoms with Crippen molar-refractivity contribution in [2.75, 3.05) is 32.2 Å². The summed E-state index contributed by atoms with van der Waals surface area (Å²) in [5.74, 6) is 0. The summed E-state index contributed by atoms with van der Waals surface area (Å²) in [7, 11) is 0. The monoisotopic (exact) mass is 217 g/mol. The molecule has 0 unspecified atom stereocenters. The highest BCUT2D eigenvalue weighted by atomic mass is 32.1. The predicted octanol–water partition coefficient (Wildman–Crippen LogP) is -0.0855. The first-order chi connectivity index (χ1) is 6.84. The van der Waals surface area contributed by atoms with Gasteiger partial charge in [-0.25, -0.2) is 0 Å². The fourth-order valence-corrected chi connectivity index (χ4v) is 1.54. The van der Waals surface area contributed by atoms with Gasteiger partial charge in [0.05, 0.1) is 19.8 Å². The molecule has 1 saturated heterocycles. The van der Waals surface area contributed by atoms with Gasteiger partial charge in [-0.1, -0.05) is 5.10 Å². The minimum absolute atomic E-state index is 0.0196. The summed E-state index contributed by atoms with van der Waals surface area (Å²) < 4.78 is 15.9. The lowest BCUT2D eigenvalue weighted by atomic mass is 10.4. The standard InChI is InChI=1S/C7H11N3O3S/c8-6-9-10-7(14-6)13-4-5-3-11-1-2-12-5/h5H,1-4H2,(H2,8,9)/t5-/m0/s1. The van der Waals surface area contributed by atoms with Gasteiger partial charge in [0, 0.05) is 0 Å². The van der Waals surface area contributed by atoms with E-state index >= 15 is 0 Å². The Kier molecular flexibility index (Phi) is 3.12. The number of hydrogen-bond donors (Lipinski definition) is 1. The summed E-state index contributed by atoms with van der Waals surface area (Å²) >= 11 is 1.21. The maximum Gasteiger partial charge on any atom is 0.295 e. The molecule has 14 heavy (non-hydrogen) atoms. The number of rotatable bonds is 3. The molecule has 0 radical (unpaired) electrons. The third-order valence-corrected chi connectivity index (χ3v) is 2.36. The Balaban J connectivity index is 1.76. The molecule has 6 nitrogen and oxygen atoms in total. The van der Waals surface area contributed by atoms with Crippen LogP contribution in [-0.2, 0) is 9.47 Å². The lowest BCUT2D eigenvalue weighted by molar-refractivity contribution is -0.101. The second-order valence-electron chi connectivity index (χ2n) is 2.78. The summed E-state index contributed by atoms with van der Waals surface area (Å²) in [6.07, 6.45) is -0.0196. The minimum Gasteiger partial charge on any atom is -0.466 e. The normalized spacial score (nSPS) is 22.1. The fourth-order valence-electron chi connectivity index (χ4n) is 1.08. The molecule has 0 amide bonds. The van der Waals surface area contributed by atoms with Gasteiger partial charge in [0.25, 0.3) is 5.19 Å². The van der Waals surface area contributed by atoms with E-state index < -0.39 is 0 Å². The van der Waals surface area contributed by atoms with Crippen molar-refractivity contribution in [1.82, 2.24) is 10.2 Å². The predicted molar refractivity (Wildman–Crippen MR) is 50.4 cm³/mol. The van der Waals surface area contributed by atoms with Crippen LogP contribution in [0.4, 0.5) is 5.13 Å². The van der Waals surface area contributed by atoms with Crippen molar-refractivity contribution in [2.24, 2.45) is 0 Å². The Labute approximate surface area is 85.0 Å². The van der Waals surface area contributed by atoms with E-state index in [1.165, 1.54) is 11.3 Å². The average molecular weight is 217 g/mol. The molecule has 0 saturated carbocycles. The van der Waals surface area contributed by atoms with Crippen molar-refractivity contribution in [3.8, 4) is 5.19 Å². The molecule has 2 heterocycles. The molecule has 0 aliphatic carbocycles. The molecule has 0 spiro atoms. The number of nitrogens with zero attached hydrogens (tertiary/aromatic N) is 2. The van der Waals surface area contributed by atoms with E-state index in [2.05, 4.69) is 10.2 Å². The van der Waals surface area contributed by atoms with E-state index in [9.17, 15) is 0 Å². The third-order valence-electron chi connectivity index (χ3n) is 1.70. The molecule has 0 aromatic carbocycles. The van der Waals surface area contributed by atoms with E-state index in [-0.39, 0.29) is 6.10 Å². The van der Waals surface area contributed by atoms with Gasteiger partial charge in [0.2, 0.25) is 5.13 Å². The van der Waals surface area contributed by atoms with Crippen LogP contribution in [0.1, 0.15) is 0 Å². The van der Waals surface area contributed by atoms with E-state index in [0.29, 0.717) is 36.8 Å². The maximum atomic E-state index is 5.40. The molecule has 1 aromatic rings. The van der Waals surface area contributed by atoms with Gasteiger partial charge in [-0.05, 0) is 11.3 Å².